The van der Waals surface area contributed by atoms with E-state index in [-0.39, 0.29) is 0 Å². The summed E-state index contributed by atoms with van der Waals surface area (Å²) in [6.07, 6.45) is 4.14. The van der Waals surface area contributed by atoms with Crippen molar-refractivity contribution in [2.75, 3.05) is 0 Å². The van der Waals surface area contributed by atoms with E-state index in [9.17, 15) is 5.11 Å². The highest BCUT2D eigenvalue weighted by atomic mass is 35.5. The molecule has 0 spiro atoms. The summed E-state index contributed by atoms with van der Waals surface area (Å²) in [6.45, 7) is 0. The van der Waals surface area contributed by atoms with E-state index in [1.807, 2.05) is 36.4 Å². The highest BCUT2D eigenvalue weighted by Crippen LogP contribution is 2.19. The highest BCUT2D eigenvalue weighted by molar-refractivity contribution is 6.30. The summed E-state index contributed by atoms with van der Waals surface area (Å²) >= 11 is 5.94. The van der Waals surface area contributed by atoms with Crippen molar-refractivity contribution in [1.82, 2.24) is 0 Å². The molecule has 94 valence electrons. The Kier molecular flexibility index (Phi) is 4.66. The lowest BCUT2D eigenvalue weighted by Crippen LogP contribution is -1.89. The lowest BCUT2D eigenvalue weighted by atomic mass is 10.0. The summed E-state index contributed by atoms with van der Waals surface area (Å²) in [5, 5.41) is 10.4. The van der Waals surface area contributed by atoms with E-state index in [0.29, 0.717) is 5.75 Å². The van der Waals surface area contributed by atoms with Gasteiger partial charge in [0.15, 0.2) is 0 Å². The van der Waals surface area contributed by atoms with Gasteiger partial charge in [0.2, 0.25) is 0 Å². The predicted octanol–water partition coefficient (Wildman–Crippen LogP) is 4.61. The van der Waals surface area contributed by atoms with Gasteiger partial charge in [-0.25, -0.2) is 0 Å². The second-order valence-electron chi connectivity index (χ2n) is 4.47. The summed E-state index contributed by atoms with van der Waals surface area (Å²) in [5.41, 5.74) is 2.31. The molecular weight excluding hydrogens is 244 g/mol. The molecule has 0 bridgehead atoms. The van der Waals surface area contributed by atoms with Crippen LogP contribution in [0.3, 0.4) is 0 Å². The van der Waals surface area contributed by atoms with Gasteiger partial charge in [-0.1, -0.05) is 41.9 Å². The van der Waals surface area contributed by atoms with Gasteiger partial charge in [-0.2, -0.15) is 0 Å². The van der Waals surface area contributed by atoms with Gasteiger partial charge in [-0.15, -0.1) is 0 Å². The van der Waals surface area contributed by atoms with E-state index in [0.717, 1.165) is 36.3 Å². The molecule has 0 saturated heterocycles. The van der Waals surface area contributed by atoms with Gasteiger partial charge >= 0.3 is 0 Å². The van der Waals surface area contributed by atoms with E-state index in [4.69, 9.17) is 11.6 Å². The molecule has 2 aromatic rings. The van der Waals surface area contributed by atoms with Crippen LogP contribution in [0.5, 0.6) is 5.75 Å². The number of phenolic OH excluding ortho intramolecular Hbond substituents is 1. The zero-order chi connectivity index (χ0) is 12.8. The number of aryl methyl sites for hydroxylation is 2. The second kappa shape index (κ2) is 6.46. The van der Waals surface area contributed by atoms with Gasteiger partial charge in [0.1, 0.15) is 5.75 Å². The van der Waals surface area contributed by atoms with Crippen molar-refractivity contribution >= 4 is 11.6 Å². The molecule has 0 heterocycles. The average Bonchev–Trinajstić information content (AvgIpc) is 2.37. The smallest absolute Gasteiger partial charge is 0.118 e. The third-order valence-electron chi connectivity index (χ3n) is 3.04. The van der Waals surface area contributed by atoms with E-state index < -0.39 is 0 Å². The van der Waals surface area contributed by atoms with E-state index in [1.165, 1.54) is 5.56 Å². The molecule has 0 amide bonds. The van der Waals surface area contributed by atoms with Crippen molar-refractivity contribution in [3.63, 3.8) is 0 Å². The Morgan fingerprint density at radius 2 is 1.67 bits per heavy atom. The largest absolute Gasteiger partial charge is 0.508 e. The summed E-state index contributed by atoms with van der Waals surface area (Å²) in [4.78, 5) is 0. The van der Waals surface area contributed by atoms with Crippen LogP contribution in [0.2, 0.25) is 5.02 Å². The van der Waals surface area contributed by atoms with Crippen molar-refractivity contribution in [1.29, 1.82) is 0 Å². The third-order valence-corrected chi connectivity index (χ3v) is 3.28. The molecule has 0 aliphatic carbocycles. The van der Waals surface area contributed by atoms with Crippen LogP contribution in [-0.2, 0) is 12.8 Å². The first-order chi connectivity index (χ1) is 8.75. The fraction of sp³-hybridized carbons (Fsp3) is 0.250. The number of hydrogen-bond donors (Lipinski definition) is 1. The van der Waals surface area contributed by atoms with Gasteiger partial charge < -0.3 is 5.11 Å². The Bertz CT molecular complexity index is 508. The summed E-state index contributed by atoms with van der Waals surface area (Å²) in [5.74, 6) is 0.403. The molecule has 0 atom stereocenters. The molecule has 0 radical (unpaired) electrons. The Balaban J connectivity index is 1.78. The minimum atomic E-state index is 0.403. The first-order valence-electron chi connectivity index (χ1n) is 6.27. The normalized spacial score (nSPS) is 10.5. The second-order valence-corrected chi connectivity index (χ2v) is 4.90. The number of aromatic hydroxyl groups is 1. The van der Waals surface area contributed by atoms with Gasteiger partial charge in [0.25, 0.3) is 0 Å². The maximum absolute atomic E-state index is 9.65. The zero-order valence-electron chi connectivity index (χ0n) is 10.3. The van der Waals surface area contributed by atoms with Gasteiger partial charge in [0.05, 0.1) is 0 Å². The maximum atomic E-state index is 9.65. The minimum absolute atomic E-state index is 0.403. The molecule has 0 saturated carbocycles. The molecule has 1 N–H and O–H groups in total. The number of halogens is 1. The molecule has 0 fully saturated rings. The van der Waals surface area contributed by atoms with E-state index >= 15 is 0 Å². The number of phenols is 1. The number of para-hydroxylation sites is 1. The van der Waals surface area contributed by atoms with Crippen LogP contribution in [0.4, 0.5) is 0 Å². The summed E-state index contributed by atoms with van der Waals surface area (Å²) in [7, 11) is 0. The first-order valence-corrected chi connectivity index (χ1v) is 6.65. The molecule has 0 aliphatic rings. The van der Waals surface area contributed by atoms with Crippen LogP contribution < -0.4 is 0 Å². The van der Waals surface area contributed by atoms with E-state index in [1.54, 1.807) is 6.07 Å². The van der Waals surface area contributed by atoms with Crippen molar-refractivity contribution in [3.8, 4) is 5.75 Å². The van der Waals surface area contributed by atoms with Gasteiger partial charge in [0, 0.05) is 5.02 Å². The molecular formula is C16H17ClO. The fourth-order valence-corrected chi connectivity index (χ4v) is 2.27. The summed E-state index contributed by atoms with van der Waals surface area (Å²) < 4.78 is 0. The van der Waals surface area contributed by atoms with Crippen LogP contribution in [-0.4, -0.2) is 5.11 Å². The van der Waals surface area contributed by atoms with Crippen LogP contribution in [0.15, 0.2) is 48.5 Å². The third kappa shape index (κ3) is 3.78. The topological polar surface area (TPSA) is 20.2 Å². The van der Waals surface area contributed by atoms with E-state index in [2.05, 4.69) is 6.07 Å². The Hall–Kier alpha value is -1.47. The number of rotatable bonds is 5. The quantitative estimate of drug-likeness (QED) is 0.779. The average molecular weight is 261 g/mol. The molecule has 2 heteroatoms. The fourth-order valence-electron chi connectivity index (χ4n) is 2.06. The number of unbranched alkanes of at least 4 members (excludes halogenated alkanes) is 1. The van der Waals surface area contributed by atoms with Crippen molar-refractivity contribution < 1.29 is 5.11 Å². The first kappa shape index (κ1) is 13.0. The molecule has 1 nitrogen and oxygen atoms in total. The highest BCUT2D eigenvalue weighted by Gasteiger charge is 2.00. The zero-order valence-corrected chi connectivity index (χ0v) is 11.0. The standard InChI is InChI=1S/C16H17ClO/c17-15-10-5-7-13(12-15)6-1-2-8-14-9-3-4-11-16(14)18/h3-5,7,9-12,18H,1-2,6,8H2. The van der Waals surface area contributed by atoms with Gasteiger partial charge in [-0.3, -0.25) is 0 Å². The van der Waals surface area contributed by atoms with Crippen LogP contribution in [0.1, 0.15) is 24.0 Å². The molecule has 0 aliphatic heterocycles. The van der Waals surface area contributed by atoms with Crippen LogP contribution in [0.25, 0.3) is 0 Å². The van der Waals surface area contributed by atoms with Crippen LogP contribution in [0, 0.1) is 0 Å². The molecule has 2 rings (SSSR count). The Labute approximate surface area is 113 Å². The lowest BCUT2D eigenvalue weighted by molar-refractivity contribution is 0.466. The van der Waals surface area contributed by atoms with Gasteiger partial charge in [-0.05, 0) is 55.0 Å². The molecule has 0 unspecified atom stereocenters. The maximum Gasteiger partial charge on any atom is 0.118 e. The molecule has 0 aromatic heterocycles. The number of benzene rings is 2. The minimum Gasteiger partial charge on any atom is -0.508 e. The Morgan fingerprint density at radius 3 is 2.44 bits per heavy atom. The van der Waals surface area contributed by atoms with Crippen molar-refractivity contribution in [3.05, 3.63) is 64.7 Å². The molecule has 18 heavy (non-hydrogen) atoms. The van der Waals surface area contributed by atoms with Crippen molar-refractivity contribution in [2.45, 2.75) is 25.7 Å². The Morgan fingerprint density at radius 1 is 0.889 bits per heavy atom. The van der Waals surface area contributed by atoms with Crippen molar-refractivity contribution in [2.24, 2.45) is 0 Å². The monoisotopic (exact) mass is 260 g/mol. The summed E-state index contributed by atoms with van der Waals surface area (Å²) in [6, 6.07) is 15.5. The lowest BCUT2D eigenvalue weighted by Gasteiger charge is -2.04. The predicted molar refractivity (Wildman–Crippen MR) is 76.2 cm³/mol. The number of hydrogen-bond acceptors (Lipinski definition) is 1. The van der Waals surface area contributed by atoms with Crippen LogP contribution >= 0.6 is 11.6 Å². The molecule has 2 aromatic carbocycles. The SMILES string of the molecule is Oc1ccccc1CCCCc1cccc(Cl)c1.